The zero-order chi connectivity index (χ0) is 32.1. The Hall–Kier alpha value is -4.52. The molecule has 1 atom stereocenters. The lowest BCUT2D eigenvalue weighted by Gasteiger charge is -2.29. The van der Waals surface area contributed by atoms with Gasteiger partial charge in [0.15, 0.2) is 0 Å². The molecule has 4 N–H and O–H groups in total. The number of aromatic nitrogens is 2. The van der Waals surface area contributed by atoms with Crippen molar-refractivity contribution in [3.63, 3.8) is 0 Å². The van der Waals surface area contributed by atoms with Crippen molar-refractivity contribution in [2.75, 3.05) is 16.6 Å². The molecule has 44 heavy (non-hydrogen) atoms. The fourth-order valence-electron chi connectivity index (χ4n) is 4.09. The van der Waals surface area contributed by atoms with Crippen molar-refractivity contribution in [3.05, 3.63) is 95.3 Å². The lowest BCUT2D eigenvalue weighted by Crippen LogP contribution is -2.41. The van der Waals surface area contributed by atoms with Crippen LogP contribution in [0.2, 0.25) is 5.02 Å². The van der Waals surface area contributed by atoms with E-state index in [1.54, 1.807) is 63.6 Å². The summed E-state index contributed by atoms with van der Waals surface area (Å²) in [5, 5.41) is 12.3. The molecular weight excluding hydrogens is 606 g/mol. The van der Waals surface area contributed by atoms with Crippen molar-refractivity contribution in [2.24, 2.45) is 11.3 Å². The number of amides is 2. The van der Waals surface area contributed by atoms with Gasteiger partial charge in [-0.3, -0.25) is 24.5 Å². The van der Waals surface area contributed by atoms with E-state index in [9.17, 15) is 18.0 Å². The molecule has 0 saturated carbocycles. The van der Waals surface area contributed by atoms with Crippen molar-refractivity contribution in [1.82, 2.24) is 15.4 Å². The van der Waals surface area contributed by atoms with E-state index in [4.69, 9.17) is 21.5 Å². The molecular formula is C31H32ClN5O6S. The van der Waals surface area contributed by atoms with Crippen LogP contribution in [0.4, 0.5) is 11.5 Å². The van der Waals surface area contributed by atoms with Crippen LogP contribution in [0.5, 0.6) is 5.75 Å². The van der Waals surface area contributed by atoms with E-state index in [0.717, 1.165) is 0 Å². The van der Waals surface area contributed by atoms with E-state index in [0.29, 0.717) is 33.4 Å². The van der Waals surface area contributed by atoms with Gasteiger partial charge < -0.3 is 10.1 Å². The largest absolute Gasteiger partial charge is 0.493 e. The van der Waals surface area contributed by atoms with E-state index in [-0.39, 0.29) is 28.8 Å². The molecule has 0 saturated heterocycles. The third kappa shape index (κ3) is 7.51. The third-order valence-electron chi connectivity index (χ3n) is 7.29. The van der Waals surface area contributed by atoms with Crippen molar-refractivity contribution < 1.29 is 28.0 Å². The fraction of sp³-hybridized carbons (Fsp3) is 0.226. The predicted molar refractivity (Wildman–Crippen MR) is 167 cm³/mol. The zero-order valence-corrected chi connectivity index (χ0v) is 26.0. The molecule has 0 spiro atoms. The summed E-state index contributed by atoms with van der Waals surface area (Å²) in [6.45, 7) is 6.94. The molecule has 0 radical (unpaired) electrons. The summed E-state index contributed by atoms with van der Waals surface area (Å²) >= 11 is 6.34. The second-order valence-electron chi connectivity index (χ2n) is 10.6. The Morgan fingerprint density at radius 2 is 1.77 bits per heavy atom. The molecule has 11 nitrogen and oxygen atoms in total. The van der Waals surface area contributed by atoms with Crippen LogP contribution in [0.15, 0.2) is 83.9 Å². The number of aryl methyl sites for hydroxylation is 1. The summed E-state index contributed by atoms with van der Waals surface area (Å²) in [6, 6.07) is 19.2. The first kappa shape index (κ1) is 32.4. The number of sulfonamides is 1. The minimum absolute atomic E-state index is 0.0226. The number of pyridine rings is 2. The normalized spacial score (nSPS) is 12.2. The van der Waals surface area contributed by atoms with Gasteiger partial charge in [-0.05, 0) is 73.7 Å². The highest BCUT2D eigenvalue weighted by atomic mass is 35.5. The fourth-order valence-corrected chi connectivity index (χ4v) is 5.30. The Labute approximate surface area is 260 Å². The van der Waals surface area contributed by atoms with Crippen molar-refractivity contribution >= 4 is 44.9 Å². The number of benzene rings is 2. The number of carbonyl (C=O) groups excluding carboxylic acids is 2. The highest BCUT2D eigenvalue weighted by Gasteiger charge is 2.34. The smallest absolute Gasteiger partial charge is 0.263 e. The monoisotopic (exact) mass is 637 g/mol. The van der Waals surface area contributed by atoms with Crippen LogP contribution in [0.25, 0.3) is 11.3 Å². The number of hydrogen-bond acceptors (Lipinski definition) is 8. The van der Waals surface area contributed by atoms with E-state index in [1.165, 1.54) is 36.4 Å². The molecule has 2 amide bonds. The number of halogens is 1. The number of hydrogen-bond donors (Lipinski definition) is 4. The van der Waals surface area contributed by atoms with Crippen LogP contribution in [0.3, 0.4) is 0 Å². The molecule has 13 heteroatoms. The number of anilines is 2. The molecule has 2 aromatic heterocycles. The Bertz CT molecular complexity index is 1770. The highest BCUT2D eigenvalue weighted by Crippen LogP contribution is 2.30. The van der Waals surface area contributed by atoms with Gasteiger partial charge in [0.05, 0.1) is 38.9 Å². The van der Waals surface area contributed by atoms with Crippen molar-refractivity contribution in [2.45, 2.75) is 32.6 Å². The average Bonchev–Trinajstić information content (AvgIpc) is 3.00. The van der Waals surface area contributed by atoms with Gasteiger partial charge in [0, 0.05) is 23.4 Å². The van der Waals surface area contributed by atoms with E-state index in [1.807, 2.05) is 12.1 Å². The summed E-state index contributed by atoms with van der Waals surface area (Å²) in [5.41, 5.74) is 3.18. The molecule has 4 aromatic rings. The number of carbonyl (C=O) groups is 2. The van der Waals surface area contributed by atoms with Crippen LogP contribution in [0, 0.1) is 18.3 Å². The van der Waals surface area contributed by atoms with Gasteiger partial charge in [-0.2, -0.15) is 0 Å². The molecule has 0 fully saturated rings. The Morgan fingerprint density at radius 3 is 2.41 bits per heavy atom. The highest BCUT2D eigenvalue weighted by molar-refractivity contribution is 7.92. The summed E-state index contributed by atoms with van der Waals surface area (Å²) in [5.74, 6) is -0.761. The number of ether oxygens (including phenoxy) is 1. The standard InChI is InChI=1S/C31H32ClN5O6S/c1-19(31(3,4)30(39)36-40)18-43-22-9-11-23(12-10-22)44(41,42)37-28-15-13-24(20(2)34-28)29(38)35-21-8-14-26(32)25(17-21)27-7-5-6-16-33-27/h5-17,19,40H,18H2,1-4H3,(H,34,37)(H,35,38)(H,36,39). The second kappa shape index (κ2) is 13.4. The Morgan fingerprint density at radius 1 is 1.05 bits per heavy atom. The number of nitrogens with one attached hydrogen (secondary N) is 3. The lowest BCUT2D eigenvalue weighted by molar-refractivity contribution is -0.141. The van der Waals surface area contributed by atoms with Gasteiger partial charge in [-0.1, -0.05) is 38.4 Å². The van der Waals surface area contributed by atoms with Crippen LogP contribution in [-0.4, -0.2) is 42.0 Å². The van der Waals surface area contributed by atoms with E-state index >= 15 is 0 Å². The van der Waals surface area contributed by atoms with Gasteiger partial charge in [0.25, 0.3) is 15.9 Å². The summed E-state index contributed by atoms with van der Waals surface area (Å²) < 4.78 is 34.2. The molecule has 2 aromatic carbocycles. The Balaban J connectivity index is 1.40. The summed E-state index contributed by atoms with van der Waals surface area (Å²) in [7, 11) is -4.00. The van der Waals surface area contributed by atoms with Crippen LogP contribution in [-0.2, 0) is 14.8 Å². The second-order valence-corrected chi connectivity index (χ2v) is 12.7. The molecule has 0 bridgehead atoms. The first-order valence-corrected chi connectivity index (χ1v) is 15.4. The Kier molecular flexibility index (Phi) is 9.88. The SMILES string of the molecule is Cc1nc(NS(=O)(=O)c2ccc(OCC(C)C(C)(C)C(=O)NO)cc2)ccc1C(=O)Nc1ccc(Cl)c(-c2ccccn2)c1. The first-order chi connectivity index (χ1) is 20.8. The van der Waals surface area contributed by atoms with Crippen molar-refractivity contribution in [1.29, 1.82) is 0 Å². The maximum Gasteiger partial charge on any atom is 0.263 e. The summed E-state index contributed by atoms with van der Waals surface area (Å²) in [4.78, 5) is 33.5. The third-order valence-corrected chi connectivity index (χ3v) is 8.99. The van der Waals surface area contributed by atoms with E-state index in [2.05, 4.69) is 20.0 Å². The van der Waals surface area contributed by atoms with Gasteiger partial charge in [0.2, 0.25) is 5.91 Å². The van der Waals surface area contributed by atoms with Gasteiger partial charge >= 0.3 is 0 Å². The minimum Gasteiger partial charge on any atom is -0.493 e. The molecule has 0 aliphatic heterocycles. The summed E-state index contributed by atoms with van der Waals surface area (Å²) in [6.07, 6.45) is 1.65. The minimum atomic E-state index is -4.00. The number of hydroxylamine groups is 1. The molecule has 0 aliphatic rings. The zero-order valence-electron chi connectivity index (χ0n) is 24.5. The average molecular weight is 638 g/mol. The quantitative estimate of drug-likeness (QED) is 0.120. The van der Waals surface area contributed by atoms with Crippen molar-refractivity contribution in [3.8, 4) is 17.0 Å². The molecule has 2 heterocycles. The maximum absolute atomic E-state index is 13.0. The number of nitrogens with zero attached hydrogens (tertiary/aromatic N) is 2. The molecule has 1 unspecified atom stereocenters. The first-order valence-electron chi connectivity index (χ1n) is 13.5. The lowest BCUT2D eigenvalue weighted by atomic mass is 9.80. The molecule has 0 aliphatic carbocycles. The van der Waals surface area contributed by atoms with Gasteiger partial charge in [0.1, 0.15) is 11.6 Å². The molecule has 4 rings (SSSR count). The number of rotatable bonds is 11. The van der Waals surface area contributed by atoms with Gasteiger partial charge in [-0.25, -0.2) is 18.9 Å². The van der Waals surface area contributed by atoms with Crippen LogP contribution < -0.4 is 20.3 Å². The van der Waals surface area contributed by atoms with E-state index < -0.39 is 27.3 Å². The topological polar surface area (TPSA) is 160 Å². The van der Waals surface area contributed by atoms with Crippen LogP contribution >= 0.6 is 11.6 Å². The van der Waals surface area contributed by atoms with Gasteiger partial charge in [-0.15, -0.1) is 0 Å². The predicted octanol–water partition coefficient (Wildman–Crippen LogP) is 5.71. The maximum atomic E-state index is 13.0. The molecule has 230 valence electrons. The van der Waals surface area contributed by atoms with Crippen LogP contribution in [0.1, 0.15) is 36.8 Å².